The highest BCUT2D eigenvalue weighted by Crippen LogP contribution is 2.28. The molecule has 0 saturated carbocycles. The molecule has 0 bridgehead atoms. The molecule has 0 unspecified atom stereocenters. The summed E-state index contributed by atoms with van der Waals surface area (Å²) in [4.78, 5) is 23.5. The van der Waals surface area contributed by atoms with Gasteiger partial charge in [0, 0.05) is 5.92 Å². The van der Waals surface area contributed by atoms with Crippen LogP contribution in [-0.4, -0.2) is 23.5 Å². The minimum atomic E-state index is -0.733. The van der Waals surface area contributed by atoms with Gasteiger partial charge >= 0.3 is 12.3 Å². The Bertz CT molecular complexity index is 781. The van der Waals surface area contributed by atoms with Crippen LogP contribution < -0.4 is 9.47 Å². The van der Waals surface area contributed by atoms with Crippen molar-refractivity contribution in [2.75, 3.05) is 0 Å². The van der Waals surface area contributed by atoms with Gasteiger partial charge in [0.2, 0.25) is 0 Å². The molecule has 0 fully saturated rings. The fraction of sp³-hybridized carbons (Fsp3) is 0.417. The zero-order chi connectivity index (χ0) is 22.5. The van der Waals surface area contributed by atoms with Crippen LogP contribution >= 0.6 is 0 Å². The monoisotopic (exact) mass is 414 g/mol. The van der Waals surface area contributed by atoms with Crippen LogP contribution in [0.2, 0.25) is 0 Å². The Morgan fingerprint density at radius 1 is 0.633 bits per heavy atom. The third kappa shape index (κ3) is 7.78. The second-order valence-corrected chi connectivity index (χ2v) is 8.99. The van der Waals surface area contributed by atoms with E-state index in [0.717, 1.165) is 11.1 Å². The van der Waals surface area contributed by atoms with Gasteiger partial charge in [-0.1, -0.05) is 31.2 Å². The van der Waals surface area contributed by atoms with Crippen molar-refractivity contribution >= 4 is 12.3 Å². The van der Waals surface area contributed by atoms with Crippen molar-refractivity contribution in [2.24, 2.45) is 0 Å². The smallest absolute Gasteiger partial charge is 0.428 e. The molecular weight excluding hydrogens is 384 g/mol. The van der Waals surface area contributed by atoms with Crippen molar-refractivity contribution in [3.63, 3.8) is 0 Å². The van der Waals surface area contributed by atoms with Gasteiger partial charge in [-0.2, -0.15) is 0 Å². The van der Waals surface area contributed by atoms with Gasteiger partial charge in [-0.15, -0.1) is 0 Å². The highest BCUT2D eigenvalue weighted by molar-refractivity contribution is 5.65. The molecule has 30 heavy (non-hydrogen) atoms. The van der Waals surface area contributed by atoms with Crippen molar-refractivity contribution in [1.82, 2.24) is 0 Å². The molecular formula is C24H30O6. The van der Waals surface area contributed by atoms with E-state index in [-0.39, 0.29) is 5.92 Å². The summed E-state index contributed by atoms with van der Waals surface area (Å²) in [5.74, 6) is 0.929. The van der Waals surface area contributed by atoms with Crippen LogP contribution in [0.5, 0.6) is 11.5 Å². The molecule has 0 spiro atoms. The molecule has 162 valence electrons. The SMILES string of the molecule is CC(c1ccc(OC(=O)OC(C)(C)C)cc1)c1ccc(OC(=O)OC(C)(C)C)cc1. The Balaban J connectivity index is 1.98. The first kappa shape index (κ1) is 23.3. The highest BCUT2D eigenvalue weighted by Gasteiger charge is 2.19. The third-order valence-corrected chi connectivity index (χ3v) is 3.94. The Hall–Kier alpha value is -3.02. The van der Waals surface area contributed by atoms with Gasteiger partial charge in [0.15, 0.2) is 0 Å². The summed E-state index contributed by atoms with van der Waals surface area (Å²) in [5, 5.41) is 0. The summed E-state index contributed by atoms with van der Waals surface area (Å²) in [6.45, 7) is 12.7. The molecule has 0 amide bonds. The molecule has 0 aromatic heterocycles. The molecule has 0 atom stereocenters. The van der Waals surface area contributed by atoms with Crippen molar-refractivity contribution < 1.29 is 28.5 Å². The van der Waals surface area contributed by atoms with Crippen LogP contribution in [0, 0.1) is 0 Å². The molecule has 2 rings (SSSR count). The summed E-state index contributed by atoms with van der Waals surface area (Å²) in [5.41, 5.74) is 0.884. The van der Waals surface area contributed by atoms with Crippen LogP contribution in [-0.2, 0) is 9.47 Å². The van der Waals surface area contributed by atoms with Crippen molar-refractivity contribution in [3.05, 3.63) is 59.7 Å². The third-order valence-electron chi connectivity index (χ3n) is 3.94. The number of rotatable bonds is 4. The topological polar surface area (TPSA) is 71.1 Å². The lowest BCUT2D eigenvalue weighted by Crippen LogP contribution is -2.25. The molecule has 0 saturated heterocycles. The minimum Gasteiger partial charge on any atom is -0.428 e. The van der Waals surface area contributed by atoms with Gasteiger partial charge in [-0.05, 0) is 76.9 Å². The summed E-state index contributed by atoms with van der Waals surface area (Å²) in [7, 11) is 0. The first-order valence-corrected chi connectivity index (χ1v) is 9.84. The number of benzene rings is 2. The second kappa shape index (κ2) is 9.20. The average molecular weight is 414 g/mol. The van der Waals surface area contributed by atoms with Gasteiger partial charge in [0.25, 0.3) is 0 Å². The maximum absolute atomic E-state index is 11.8. The predicted molar refractivity (Wildman–Crippen MR) is 114 cm³/mol. The van der Waals surface area contributed by atoms with Gasteiger partial charge < -0.3 is 18.9 Å². The number of carbonyl (C=O) groups excluding carboxylic acids is 2. The van der Waals surface area contributed by atoms with Crippen molar-refractivity contribution in [3.8, 4) is 11.5 Å². The molecule has 2 aromatic carbocycles. The van der Waals surface area contributed by atoms with E-state index in [1.807, 2.05) is 24.3 Å². The Kier molecular flexibility index (Phi) is 7.13. The van der Waals surface area contributed by atoms with Gasteiger partial charge in [0.05, 0.1) is 0 Å². The quantitative estimate of drug-likeness (QED) is 0.422. The van der Waals surface area contributed by atoms with E-state index in [0.29, 0.717) is 11.5 Å². The molecule has 2 aromatic rings. The van der Waals surface area contributed by atoms with E-state index < -0.39 is 23.5 Å². The van der Waals surface area contributed by atoms with Crippen LogP contribution in [0.1, 0.15) is 65.5 Å². The predicted octanol–water partition coefficient (Wildman–Crippen LogP) is 6.47. The maximum Gasteiger partial charge on any atom is 0.514 e. The minimum absolute atomic E-state index is 0.0937. The van der Waals surface area contributed by atoms with E-state index in [1.54, 1.807) is 65.8 Å². The summed E-state index contributed by atoms with van der Waals surface area (Å²) in [6, 6.07) is 14.5. The van der Waals surface area contributed by atoms with E-state index >= 15 is 0 Å². The summed E-state index contributed by atoms with van der Waals surface area (Å²) < 4.78 is 20.7. The zero-order valence-electron chi connectivity index (χ0n) is 18.6. The second-order valence-electron chi connectivity index (χ2n) is 8.99. The number of hydrogen-bond acceptors (Lipinski definition) is 6. The van der Waals surface area contributed by atoms with Gasteiger partial charge in [0.1, 0.15) is 22.7 Å². The summed E-state index contributed by atoms with van der Waals surface area (Å²) >= 11 is 0. The van der Waals surface area contributed by atoms with E-state index in [9.17, 15) is 9.59 Å². The van der Waals surface area contributed by atoms with Gasteiger partial charge in [-0.3, -0.25) is 0 Å². The Morgan fingerprint density at radius 2 is 0.933 bits per heavy atom. The maximum atomic E-state index is 11.8. The van der Waals surface area contributed by atoms with Crippen molar-refractivity contribution in [2.45, 2.75) is 65.6 Å². The lowest BCUT2D eigenvalue weighted by atomic mass is 9.93. The molecule has 0 aliphatic carbocycles. The van der Waals surface area contributed by atoms with Crippen LogP contribution in [0.15, 0.2) is 48.5 Å². The number of ether oxygens (including phenoxy) is 4. The number of hydrogen-bond donors (Lipinski definition) is 0. The van der Waals surface area contributed by atoms with E-state index in [2.05, 4.69) is 6.92 Å². The standard InChI is InChI=1S/C24H30O6/c1-16(17-8-12-19(13-9-17)27-21(25)29-23(2,3)4)18-10-14-20(15-11-18)28-22(26)30-24(5,6)7/h8-16H,1-7H3. The van der Waals surface area contributed by atoms with Crippen LogP contribution in [0.3, 0.4) is 0 Å². The molecule has 0 aliphatic heterocycles. The Labute approximate surface area is 178 Å². The largest absolute Gasteiger partial charge is 0.514 e. The molecule has 0 radical (unpaired) electrons. The van der Waals surface area contributed by atoms with Crippen LogP contribution in [0.25, 0.3) is 0 Å². The lowest BCUT2D eigenvalue weighted by Gasteiger charge is -2.19. The Morgan fingerprint density at radius 3 is 1.20 bits per heavy atom. The van der Waals surface area contributed by atoms with Crippen LogP contribution in [0.4, 0.5) is 9.59 Å². The number of carbonyl (C=O) groups is 2. The molecule has 6 heteroatoms. The fourth-order valence-corrected chi connectivity index (χ4v) is 2.58. The molecule has 0 heterocycles. The molecule has 0 aliphatic rings. The average Bonchev–Trinajstić information content (AvgIpc) is 2.59. The highest BCUT2D eigenvalue weighted by atomic mass is 16.7. The molecule has 6 nitrogen and oxygen atoms in total. The summed E-state index contributed by atoms with van der Waals surface area (Å²) in [6.07, 6.45) is -1.47. The van der Waals surface area contributed by atoms with E-state index in [4.69, 9.17) is 18.9 Å². The zero-order valence-corrected chi connectivity index (χ0v) is 18.6. The van der Waals surface area contributed by atoms with E-state index in [1.165, 1.54) is 0 Å². The lowest BCUT2D eigenvalue weighted by molar-refractivity contribution is 0.0193. The first-order valence-electron chi connectivity index (χ1n) is 9.84. The van der Waals surface area contributed by atoms with Gasteiger partial charge in [-0.25, -0.2) is 9.59 Å². The van der Waals surface area contributed by atoms with Crippen molar-refractivity contribution in [1.29, 1.82) is 0 Å². The molecule has 0 N–H and O–H groups in total. The normalized spacial score (nSPS) is 11.7. The first-order chi connectivity index (χ1) is 13.8. The fourth-order valence-electron chi connectivity index (χ4n) is 2.58.